The van der Waals surface area contributed by atoms with E-state index in [0.29, 0.717) is 0 Å². The first-order chi connectivity index (χ1) is 13.7. The van der Waals surface area contributed by atoms with Crippen LogP contribution in [0.25, 0.3) is 0 Å². The van der Waals surface area contributed by atoms with Gasteiger partial charge in [-0.05, 0) is 50.0 Å². The van der Waals surface area contributed by atoms with E-state index in [1.807, 2.05) is 0 Å². The molecule has 3 aliphatic rings. The van der Waals surface area contributed by atoms with Gasteiger partial charge in [0, 0.05) is 41.1 Å². The first-order valence-corrected chi connectivity index (χ1v) is 10.7. The Balaban J connectivity index is 1.63. The molecule has 0 spiro atoms. The largest absolute Gasteiger partial charge is 0.347 e. The number of hydrogen-bond acceptors (Lipinski definition) is 1. The summed E-state index contributed by atoms with van der Waals surface area (Å²) in [6.45, 7) is 9.49. The molecule has 2 heterocycles. The smallest absolute Gasteiger partial charge is 0.209 e. The summed E-state index contributed by atoms with van der Waals surface area (Å²) in [6.07, 6.45) is 4.74. The van der Waals surface area contributed by atoms with Crippen LogP contribution >= 0.6 is 0 Å². The van der Waals surface area contributed by atoms with E-state index < -0.39 is 0 Å². The van der Waals surface area contributed by atoms with Crippen molar-refractivity contribution in [2.24, 2.45) is 0 Å². The van der Waals surface area contributed by atoms with Gasteiger partial charge >= 0.3 is 0 Å². The summed E-state index contributed by atoms with van der Waals surface area (Å²) in [5.74, 6) is 0. The average Bonchev–Trinajstić information content (AvgIpc) is 3.28. The van der Waals surface area contributed by atoms with Crippen LogP contribution in [0.3, 0.4) is 0 Å². The summed E-state index contributed by atoms with van der Waals surface area (Å²) in [5.41, 5.74) is 11.6. The summed E-state index contributed by atoms with van der Waals surface area (Å²) in [4.78, 5) is 2.42. The van der Waals surface area contributed by atoms with Crippen molar-refractivity contribution in [3.8, 4) is 0 Å². The van der Waals surface area contributed by atoms with Gasteiger partial charge in [-0.1, -0.05) is 50.2 Å². The summed E-state index contributed by atoms with van der Waals surface area (Å²) in [6, 6.07) is 17.7. The minimum absolute atomic E-state index is 0.0390. The molecule has 2 aliphatic heterocycles. The van der Waals surface area contributed by atoms with Crippen molar-refractivity contribution < 1.29 is 4.58 Å². The number of likely N-dealkylation sites (N-methyl/N-ethyl adjacent to an activating group) is 1. The summed E-state index contributed by atoms with van der Waals surface area (Å²) < 4.78 is 2.42. The fourth-order valence-corrected chi connectivity index (χ4v) is 6.15. The van der Waals surface area contributed by atoms with Crippen molar-refractivity contribution in [2.75, 3.05) is 19.0 Å². The zero-order valence-corrected chi connectivity index (χ0v) is 18.5. The van der Waals surface area contributed by atoms with E-state index in [-0.39, 0.29) is 10.8 Å². The molecule has 0 unspecified atom stereocenters. The second kappa shape index (κ2) is 5.95. The van der Waals surface area contributed by atoms with E-state index in [1.54, 1.807) is 0 Å². The fraction of sp³-hybridized carbons (Fsp3) is 0.370. The van der Waals surface area contributed by atoms with Gasteiger partial charge in [0.15, 0.2) is 5.71 Å². The molecule has 5 rings (SSSR count). The normalized spacial score (nSPS) is 24.1. The Morgan fingerprint density at radius 1 is 0.828 bits per heavy atom. The number of hydrogen-bond donors (Lipinski definition) is 0. The minimum Gasteiger partial charge on any atom is -0.347 e. The molecule has 2 heteroatoms. The molecule has 1 aliphatic carbocycles. The Labute approximate surface area is 174 Å². The highest BCUT2D eigenvalue weighted by Crippen LogP contribution is 2.50. The number of allylic oxidation sites excluding steroid dienone is 4. The lowest BCUT2D eigenvalue weighted by molar-refractivity contribution is -0.402. The molecular weight excluding hydrogens is 352 g/mol. The minimum atomic E-state index is 0.0390. The van der Waals surface area contributed by atoms with Gasteiger partial charge in [0.05, 0.1) is 5.41 Å². The maximum Gasteiger partial charge on any atom is 0.209 e. The van der Waals surface area contributed by atoms with Crippen LogP contribution in [0.1, 0.15) is 51.7 Å². The van der Waals surface area contributed by atoms with E-state index in [1.165, 1.54) is 45.1 Å². The molecule has 148 valence electrons. The topological polar surface area (TPSA) is 6.25 Å². The summed E-state index contributed by atoms with van der Waals surface area (Å²) in [7, 11) is 4.47. The highest BCUT2D eigenvalue weighted by molar-refractivity contribution is 6.07. The van der Waals surface area contributed by atoms with Gasteiger partial charge in [0.2, 0.25) is 5.69 Å². The Morgan fingerprint density at radius 3 is 2.17 bits per heavy atom. The van der Waals surface area contributed by atoms with Crippen LogP contribution in [0, 0.1) is 0 Å². The molecule has 0 fully saturated rings. The number of anilines is 1. The quantitative estimate of drug-likeness (QED) is 0.540. The first-order valence-electron chi connectivity index (χ1n) is 10.7. The van der Waals surface area contributed by atoms with Gasteiger partial charge in [-0.3, -0.25) is 0 Å². The highest BCUT2D eigenvalue weighted by Gasteiger charge is 2.47. The Hall–Kier alpha value is -2.61. The van der Waals surface area contributed by atoms with Crippen molar-refractivity contribution >= 4 is 17.1 Å². The molecule has 0 aromatic heterocycles. The first kappa shape index (κ1) is 18.4. The van der Waals surface area contributed by atoms with E-state index in [9.17, 15) is 0 Å². The molecule has 29 heavy (non-hydrogen) atoms. The number of benzene rings is 2. The molecule has 0 bridgehead atoms. The van der Waals surface area contributed by atoms with Crippen LogP contribution in [0.15, 0.2) is 71.5 Å². The zero-order chi connectivity index (χ0) is 20.6. The second-order valence-corrected chi connectivity index (χ2v) is 9.79. The van der Waals surface area contributed by atoms with Gasteiger partial charge in [0.25, 0.3) is 0 Å². The Kier molecular flexibility index (Phi) is 3.78. The van der Waals surface area contributed by atoms with Crippen LogP contribution in [0.4, 0.5) is 11.4 Å². The van der Waals surface area contributed by atoms with Gasteiger partial charge in [0.1, 0.15) is 7.05 Å². The molecule has 0 N–H and O–H groups in total. The van der Waals surface area contributed by atoms with Crippen LogP contribution in [0.5, 0.6) is 0 Å². The lowest BCUT2D eigenvalue weighted by Crippen LogP contribution is -2.29. The van der Waals surface area contributed by atoms with Crippen LogP contribution in [-0.4, -0.2) is 24.4 Å². The molecule has 0 radical (unpaired) electrons. The van der Waals surface area contributed by atoms with E-state index in [0.717, 1.165) is 12.8 Å². The predicted octanol–water partition coefficient (Wildman–Crippen LogP) is 6.09. The second-order valence-electron chi connectivity index (χ2n) is 9.79. The average molecular weight is 384 g/mol. The standard InChI is InChI=1S/C27H31N2/c1-26(2)20-11-7-9-13-22(20)28(5)24(26)18-15-16-19(17-18)25-27(3,4)21-12-8-10-14-23(21)29(25)6/h7-14,17H,15-16H2,1-6H3/q+1. The maximum atomic E-state index is 2.50. The van der Waals surface area contributed by atoms with E-state index in [2.05, 4.69) is 106 Å². The Bertz CT molecular complexity index is 1120. The SMILES string of the molecule is CN1C(=C2C=C(C3=[N+](C)c4ccccc4C3(C)C)CC2)C(C)(C)c2ccccc21. The summed E-state index contributed by atoms with van der Waals surface area (Å²) in [5, 5.41) is 0. The summed E-state index contributed by atoms with van der Waals surface area (Å²) >= 11 is 0. The van der Waals surface area contributed by atoms with Crippen LogP contribution < -0.4 is 4.90 Å². The molecule has 2 aromatic rings. The third kappa shape index (κ3) is 2.38. The van der Waals surface area contributed by atoms with Crippen molar-refractivity contribution in [2.45, 2.75) is 51.4 Å². The lowest BCUT2D eigenvalue weighted by atomic mass is 9.78. The van der Waals surface area contributed by atoms with Gasteiger partial charge < -0.3 is 4.90 Å². The molecule has 2 nitrogen and oxygen atoms in total. The number of nitrogens with zero attached hydrogens (tertiary/aromatic N) is 2. The maximum absolute atomic E-state index is 2.50. The van der Waals surface area contributed by atoms with Gasteiger partial charge in [-0.2, -0.15) is 4.58 Å². The Morgan fingerprint density at radius 2 is 1.48 bits per heavy atom. The van der Waals surface area contributed by atoms with E-state index in [4.69, 9.17) is 0 Å². The number of fused-ring (bicyclic) bond motifs is 2. The van der Waals surface area contributed by atoms with Crippen molar-refractivity contribution in [3.05, 3.63) is 82.6 Å². The predicted molar refractivity (Wildman–Crippen MR) is 123 cm³/mol. The van der Waals surface area contributed by atoms with Gasteiger partial charge in [-0.25, -0.2) is 0 Å². The van der Waals surface area contributed by atoms with Crippen LogP contribution in [-0.2, 0) is 10.8 Å². The molecule has 0 saturated carbocycles. The molecule has 2 aromatic carbocycles. The van der Waals surface area contributed by atoms with Crippen molar-refractivity contribution in [1.29, 1.82) is 0 Å². The molecule has 0 saturated heterocycles. The number of para-hydroxylation sites is 2. The molecular formula is C27H31N2+. The van der Waals surface area contributed by atoms with Crippen LogP contribution in [0.2, 0.25) is 0 Å². The van der Waals surface area contributed by atoms with Crippen molar-refractivity contribution in [1.82, 2.24) is 0 Å². The molecule has 0 atom stereocenters. The number of rotatable bonds is 1. The van der Waals surface area contributed by atoms with Crippen molar-refractivity contribution in [3.63, 3.8) is 0 Å². The fourth-order valence-electron chi connectivity index (χ4n) is 6.15. The van der Waals surface area contributed by atoms with Gasteiger partial charge in [-0.15, -0.1) is 0 Å². The van der Waals surface area contributed by atoms with E-state index >= 15 is 0 Å². The zero-order valence-electron chi connectivity index (χ0n) is 18.5. The lowest BCUT2D eigenvalue weighted by Gasteiger charge is -2.26. The molecule has 0 amide bonds. The third-order valence-electron chi connectivity index (χ3n) is 7.35. The monoisotopic (exact) mass is 383 g/mol. The third-order valence-corrected chi connectivity index (χ3v) is 7.35. The highest BCUT2D eigenvalue weighted by atomic mass is 15.2.